The van der Waals surface area contributed by atoms with Crippen LogP contribution < -0.4 is 9.64 Å². The lowest BCUT2D eigenvalue weighted by Crippen LogP contribution is -2.46. The van der Waals surface area contributed by atoms with Crippen molar-refractivity contribution in [1.82, 2.24) is 4.90 Å². The molecule has 1 aromatic heterocycles. The van der Waals surface area contributed by atoms with Crippen molar-refractivity contribution >= 4 is 46.0 Å². The van der Waals surface area contributed by atoms with Gasteiger partial charge in [0.1, 0.15) is 5.58 Å². The molecule has 3 aromatic rings. The number of benzene rings is 2. The number of anilines is 1. The van der Waals surface area contributed by atoms with Gasteiger partial charge in [-0.2, -0.15) is 0 Å². The smallest absolute Gasteiger partial charge is 0.449 e. The summed E-state index contributed by atoms with van der Waals surface area (Å²) in [5.74, 6) is -0.0160. The van der Waals surface area contributed by atoms with E-state index in [2.05, 4.69) is 14.5 Å². The van der Waals surface area contributed by atoms with Crippen LogP contribution in [0.25, 0.3) is 11.0 Å². The number of halogens is 2. The molecule has 29 heavy (non-hydrogen) atoms. The quantitative estimate of drug-likeness (QED) is 0.552. The molecule has 1 saturated heterocycles. The molecular formula is C21H20Cl2N2O4. The van der Waals surface area contributed by atoms with E-state index in [4.69, 9.17) is 32.7 Å². The molecule has 8 heteroatoms. The van der Waals surface area contributed by atoms with Crippen LogP contribution in [0.5, 0.6) is 5.95 Å². The van der Waals surface area contributed by atoms with Gasteiger partial charge in [0.15, 0.2) is 0 Å². The predicted molar refractivity (Wildman–Crippen MR) is 114 cm³/mol. The molecule has 1 fully saturated rings. The number of piperazine rings is 1. The maximum Gasteiger partial charge on any atom is 0.513 e. The maximum atomic E-state index is 10.7. The Morgan fingerprint density at radius 2 is 1.79 bits per heavy atom. The minimum Gasteiger partial charge on any atom is -0.449 e. The minimum absolute atomic E-state index is 0.0160. The Morgan fingerprint density at radius 1 is 1.10 bits per heavy atom. The van der Waals surface area contributed by atoms with Crippen LogP contribution in [0.2, 0.25) is 10.0 Å². The molecule has 6 nitrogen and oxygen atoms in total. The second-order valence-electron chi connectivity index (χ2n) is 7.10. The summed E-state index contributed by atoms with van der Waals surface area (Å²) in [6, 6.07) is 11.1. The molecule has 0 atom stereocenters. The van der Waals surface area contributed by atoms with Gasteiger partial charge < -0.3 is 19.2 Å². The Kier molecular flexibility index (Phi) is 5.58. The van der Waals surface area contributed by atoms with E-state index in [1.807, 2.05) is 31.2 Å². The number of fused-ring (bicyclic) bond motifs is 1. The average Bonchev–Trinajstić information content (AvgIpc) is 3.05. The van der Waals surface area contributed by atoms with Crippen LogP contribution in [-0.4, -0.2) is 42.3 Å². The summed E-state index contributed by atoms with van der Waals surface area (Å²) in [5.41, 5.74) is 3.88. The molecule has 2 heterocycles. The lowest BCUT2D eigenvalue weighted by atomic mass is 10.1. The SMILES string of the molecule is Cc1c(N2CCN(Cc3cc(Cl)cc(Cl)c3)CC2)ccc2oc(OC(=O)O)cc12. The fourth-order valence-electron chi connectivity index (χ4n) is 3.80. The first kappa shape index (κ1) is 19.9. The first-order valence-corrected chi connectivity index (χ1v) is 10.0. The number of ether oxygens (including phenoxy) is 1. The molecule has 1 aliphatic heterocycles. The first-order chi connectivity index (χ1) is 13.9. The normalized spacial score (nSPS) is 15.1. The molecule has 4 rings (SSSR count). The zero-order chi connectivity index (χ0) is 20.5. The number of hydrogen-bond donors (Lipinski definition) is 1. The topological polar surface area (TPSA) is 66.2 Å². The monoisotopic (exact) mass is 434 g/mol. The van der Waals surface area contributed by atoms with Crippen LogP contribution in [-0.2, 0) is 6.54 Å². The molecule has 2 aromatic carbocycles. The van der Waals surface area contributed by atoms with E-state index in [0.29, 0.717) is 15.6 Å². The van der Waals surface area contributed by atoms with Crippen molar-refractivity contribution < 1.29 is 19.1 Å². The summed E-state index contributed by atoms with van der Waals surface area (Å²) < 4.78 is 10.1. The van der Waals surface area contributed by atoms with Gasteiger partial charge in [-0.1, -0.05) is 23.2 Å². The third kappa shape index (κ3) is 4.45. The summed E-state index contributed by atoms with van der Waals surface area (Å²) in [5, 5.41) is 10.9. The Bertz CT molecular complexity index is 1040. The van der Waals surface area contributed by atoms with Gasteiger partial charge in [0.05, 0.1) is 0 Å². The standard InChI is InChI=1S/C21H20Cl2N2O4/c1-13-17-11-20(29-21(26)27)28-19(17)3-2-18(13)25-6-4-24(5-7-25)12-14-8-15(22)10-16(23)9-14/h2-3,8-11H,4-7,12H2,1H3,(H,26,27). The summed E-state index contributed by atoms with van der Waals surface area (Å²) in [6.45, 7) is 6.43. The first-order valence-electron chi connectivity index (χ1n) is 9.25. The van der Waals surface area contributed by atoms with E-state index in [0.717, 1.165) is 54.9 Å². The van der Waals surface area contributed by atoms with Crippen LogP contribution in [0.15, 0.2) is 40.8 Å². The lowest BCUT2D eigenvalue weighted by molar-refractivity contribution is 0.134. The van der Waals surface area contributed by atoms with Crippen molar-refractivity contribution in [2.75, 3.05) is 31.1 Å². The second kappa shape index (κ2) is 8.14. The Labute approximate surface area is 178 Å². The van der Waals surface area contributed by atoms with Crippen molar-refractivity contribution in [1.29, 1.82) is 0 Å². The zero-order valence-electron chi connectivity index (χ0n) is 15.8. The molecule has 0 spiro atoms. The van der Waals surface area contributed by atoms with Crippen LogP contribution in [0.1, 0.15) is 11.1 Å². The Balaban J connectivity index is 1.45. The molecule has 0 aliphatic carbocycles. The van der Waals surface area contributed by atoms with Gasteiger partial charge in [0, 0.05) is 59.9 Å². The number of carbonyl (C=O) groups is 1. The van der Waals surface area contributed by atoms with Crippen molar-refractivity contribution in [3.63, 3.8) is 0 Å². The highest BCUT2D eigenvalue weighted by Gasteiger charge is 2.21. The third-order valence-corrected chi connectivity index (χ3v) is 5.58. The fourth-order valence-corrected chi connectivity index (χ4v) is 4.37. The maximum absolute atomic E-state index is 10.7. The predicted octanol–water partition coefficient (Wildman–Crippen LogP) is 5.43. The molecule has 0 bridgehead atoms. The minimum atomic E-state index is -1.39. The summed E-state index contributed by atoms with van der Waals surface area (Å²) in [4.78, 5) is 15.4. The van der Waals surface area contributed by atoms with Gasteiger partial charge in [0.2, 0.25) is 0 Å². The number of hydrogen-bond acceptors (Lipinski definition) is 5. The highest BCUT2D eigenvalue weighted by molar-refractivity contribution is 6.34. The van der Waals surface area contributed by atoms with Crippen LogP contribution in [0.3, 0.4) is 0 Å². The van der Waals surface area contributed by atoms with Gasteiger partial charge >= 0.3 is 6.16 Å². The van der Waals surface area contributed by atoms with Gasteiger partial charge in [-0.05, 0) is 48.4 Å². The van der Waals surface area contributed by atoms with Gasteiger partial charge in [-0.15, -0.1) is 0 Å². The summed E-state index contributed by atoms with van der Waals surface area (Å²) in [6.07, 6.45) is -1.39. The third-order valence-electron chi connectivity index (χ3n) is 5.15. The molecule has 0 saturated carbocycles. The highest BCUT2D eigenvalue weighted by Crippen LogP contribution is 2.34. The molecule has 1 aliphatic rings. The Morgan fingerprint density at radius 3 is 2.45 bits per heavy atom. The number of rotatable bonds is 4. The van der Waals surface area contributed by atoms with Crippen molar-refractivity contribution in [3.8, 4) is 5.95 Å². The van der Waals surface area contributed by atoms with E-state index < -0.39 is 6.16 Å². The number of furan rings is 1. The highest BCUT2D eigenvalue weighted by atomic mass is 35.5. The molecule has 152 valence electrons. The zero-order valence-corrected chi connectivity index (χ0v) is 17.3. The van der Waals surface area contributed by atoms with Crippen molar-refractivity contribution in [3.05, 3.63) is 57.6 Å². The van der Waals surface area contributed by atoms with E-state index >= 15 is 0 Å². The summed E-state index contributed by atoms with van der Waals surface area (Å²) in [7, 11) is 0. The lowest BCUT2D eigenvalue weighted by Gasteiger charge is -2.37. The Hall–Kier alpha value is -2.41. The van der Waals surface area contributed by atoms with Gasteiger partial charge in [-0.3, -0.25) is 4.90 Å². The van der Waals surface area contributed by atoms with E-state index in [-0.39, 0.29) is 5.95 Å². The molecule has 0 unspecified atom stereocenters. The van der Waals surface area contributed by atoms with E-state index in [1.165, 1.54) is 0 Å². The van der Waals surface area contributed by atoms with Crippen molar-refractivity contribution in [2.24, 2.45) is 0 Å². The molecule has 1 N–H and O–H groups in total. The average molecular weight is 435 g/mol. The number of aryl methyl sites for hydroxylation is 1. The van der Waals surface area contributed by atoms with Crippen LogP contribution in [0, 0.1) is 6.92 Å². The molecular weight excluding hydrogens is 415 g/mol. The largest absolute Gasteiger partial charge is 0.513 e. The van der Waals surface area contributed by atoms with E-state index in [1.54, 1.807) is 12.1 Å². The second-order valence-corrected chi connectivity index (χ2v) is 7.97. The van der Waals surface area contributed by atoms with Gasteiger partial charge in [0.25, 0.3) is 5.95 Å². The van der Waals surface area contributed by atoms with E-state index in [9.17, 15) is 4.79 Å². The molecule has 0 amide bonds. The number of nitrogens with zero attached hydrogens (tertiary/aromatic N) is 2. The number of carboxylic acid groups (broad SMARTS) is 1. The van der Waals surface area contributed by atoms with Crippen LogP contribution in [0.4, 0.5) is 10.5 Å². The van der Waals surface area contributed by atoms with Crippen molar-refractivity contribution in [2.45, 2.75) is 13.5 Å². The van der Waals surface area contributed by atoms with Crippen LogP contribution >= 0.6 is 23.2 Å². The fraction of sp³-hybridized carbons (Fsp3) is 0.286. The van der Waals surface area contributed by atoms with Gasteiger partial charge in [-0.25, -0.2) is 4.79 Å². The molecule has 0 radical (unpaired) electrons. The summed E-state index contributed by atoms with van der Waals surface area (Å²) >= 11 is 12.2.